The molecule has 1 aromatic heterocycles. The van der Waals surface area contributed by atoms with E-state index in [1.54, 1.807) is 18.3 Å². The minimum absolute atomic E-state index is 0.0106. The minimum atomic E-state index is -3.73. The number of piperazine rings is 1. The van der Waals surface area contributed by atoms with Gasteiger partial charge in [-0.15, -0.1) is 0 Å². The first-order chi connectivity index (χ1) is 12.0. The molecule has 0 aliphatic carbocycles. The fraction of sp³-hybridized carbons (Fsp3) is 0.294. The van der Waals surface area contributed by atoms with Crippen molar-refractivity contribution in [3.8, 4) is 5.75 Å². The van der Waals surface area contributed by atoms with Crippen LogP contribution >= 0.6 is 0 Å². The topological polar surface area (TPSA) is 79.8 Å². The maximum absolute atomic E-state index is 12.9. The Morgan fingerprint density at radius 3 is 2.36 bits per heavy atom. The van der Waals surface area contributed by atoms with Crippen LogP contribution in [0.1, 0.15) is 6.92 Å². The third kappa shape index (κ3) is 3.80. The average Bonchev–Trinajstić information content (AvgIpc) is 2.62. The van der Waals surface area contributed by atoms with Crippen LogP contribution in [0.3, 0.4) is 0 Å². The van der Waals surface area contributed by atoms with Crippen LogP contribution in [-0.4, -0.2) is 49.9 Å². The molecule has 132 valence electrons. The van der Waals surface area contributed by atoms with Gasteiger partial charge in [-0.1, -0.05) is 18.2 Å². The highest BCUT2D eigenvalue weighted by molar-refractivity contribution is 7.89. The number of ether oxygens (including phenoxy) is 1. The van der Waals surface area contributed by atoms with Crippen molar-refractivity contribution in [1.29, 1.82) is 0 Å². The highest BCUT2D eigenvalue weighted by Crippen LogP contribution is 2.27. The first-order valence-corrected chi connectivity index (χ1v) is 9.36. The first-order valence-electron chi connectivity index (χ1n) is 7.92. The van der Waals surface area contributed by atoms with Crippen LogP contribution in [0.2, 0.25) is 0 Å². The largest absolute Gasteiger partial charge is 0.425 e. The van der Waals surface area contributed by atoms with Crippen molar-refractivity contribution in [2.45, 2.75) is 11.8 Å². The molecule has 2 aromatic rings. The lowest BCUT2D eigenvalue weighted by Gasteiger charge is -2.34. The fourth-order valence-corrected chi connectivity index (χ4v) is 4.28. The molecular weight excluding hydrogens is 342 g/mol. The number of aromatic nitrogens is 1. The summed E-state index contributed by atoms with van der Waals surface area (Å²) >= 11 is 0. The Bertz CT molecular complexity index is 847. The maximum atomic E-state index is 12.9. The summed E-state index contributed by atoms with van der Waals surface area (Å²) in [7, 11) is -3.73. The van der Waals surface area contributed by atoms with E-state index in [9.17, 15) is 13.2 Å². The van der Waals surface area contributed by atoms with Crippen LogP contribution in [0.5, 0.6) is 5.75 Å². The molecule has 7 nitrogen and oxygen atoms in total. The molecular formula is C17H19N3O4S. The number of hydrogen-bond donors (Lipinski definition) is 0. The standard InChI is InChI=1S/C17H19N3O4S/c1-14(21)24-15-6-2-3-7-16(15)25(22,23)20-12-10-19(11-13-20)17-8-4-5-9-18-17/h2-9H,10-13H2,1H3. The van der Waals surface area contributed by atoms with Crippen molar-refractivity contribution in [2.24, 2.45) is 0 Å². The summed E-state index contributed by atoms with van der Waals surface area (Å²) in [6, 6.07) is 11.8. The molecule has 0 saturated carbocycles. The van der Waals surface area contributed by atoms with Crippen LogP contribution in [0.25, 0.3) is 0 Å². The molecule has 1 aromatic carbocycles. The monoisotopic (exact) mass is 361 g/mol. The second kappa shape index (κ2) is 7.20. The van der Waals surface area contributed by atoms with Crippen molar-refractivity contribution in [1.82, 2.24) is 9.29 Å². The van der Waals surface area contributed by atoms with E-state index in [-0.39, 0.29) is 10.6 Å². The summed E-state index contributed by atoms with van der Waals surface area (Å²) in [5.74, 6) is 0.338. The molecule has 0 radical (unpaired) electrons. The number of nitrogens with zero attached hydrogens (tertiary/aromatic N) is 3. The van der Waals surface area contributed by atoms with Gasteiger partial charge in [-0.3, -0.25) is 4.79 Å². The summed E-state index contributed by atoms with van der Waals surface area (Å²) in [5.41, 5.74) is 0. The zero-order chi connectivity index (χ0) is 17.9. The Morgan fingerprint density at radius 1 is 1.04 bits per heavy atom. The van der Waals surface area contributed by atoms with E-state index in [0.29, 0.717) is 26.2 Å². The number of carbonyl (C=O) groups excluding carboxylic acids is 1. The van der Waals surface area contributed by atoms with Crippen molar-refractivity contribution >= 4 is 21.8 Å². The molecule has 1 fully saturated rings. The maximum Gasteiger partial charge on any atom is 0.308 e. The minimum Gasteiger partial charge on any atom is -0.425 e. The molecule has 0 spiro atoms. The smallest absolute Gasteiger partial charge is 0.308 e. The summed E-state index contributed by atoms with van der Waals surface area (Å²) < 4.78 is 32.3. The Labute approximate surface area is 146 Å². The Morgan fingerprint density at radius 2 is 1.72 bits per heavy atom. The quantitative estimate of drug-likeness (QED) is 0.607. The normalized spacial score (nSPS) is 15.8. The van der Waals surface area contributed by atoms with Gasteiger partial charge in [0.05, 0.1) is 0 Å². The van der Waals surface area contributed by atoms with Crippen molar-refractivity contribution in [2.75, 3.05) is 31.1 Å². The van der Waals surface area contributed by atoms with Crippen molar-refractivity contribution in [3.05, 3.63) is 48.7 Å². The molecule has 8 heteroatoms. The number of benzene rings is 1. The number of carbonyl (C=O) groups is 1. The van der Waals surface area contributed by atoms with Crippen LogP contribution in [-0.2, 0) is 14.8 Å². The summed E-state index contributed by atoms with van der Waals surface area (Å²) in [6.07, 6.45) is 1.72. The molecule has 1 saturated heterocycles. The zero-order valence-electron chi connectivity index (χ0n) is 13.8. The number of para-hydroxylation sites is 1. The van der Waals surface area contributed by atoms with E-state index in [4.69, 9.17) is 4.74 Å². The highest BCUT2D eigenvalue weighted by atomic mass is 32.2. The van der Waals surface area contributed by atoms with Gasteiger partial charge in [0.2, 0.25) is 10.0 Å². The predicted octanol–water partition coefficient (Wildman–Crippen LogP) is 1.52. The highest BCUT2D eigenvalue weighted by Gasteiger charge is 2.31. The van der Waals surface area contributed by atoms with Gasteiger partial charge in [-0.05, 0) is 24.3 Å². The van der Waals surface area contributed by atoms with Crippen molar-refractivity contribution < 1.29 is 17.9 Å². The lowest BCUT2D eigenvalue weighted by atomic mass is 10.3. The molecule has 0 bridgehead atoms. The Hall–Kier alpha value is -2.45. The van der Waals surface area contributed by atoms with Gasteiger partial charge in [-0.2, -0.15) is 4.31 Å². The molecule has 25 heavy (non-hydrogen) atoms. The number of hydrogen-bond acceptors (Lipinski definition) is 6. The van der Waals surface area contributed by atoms with E-state index >= 15 is 0 Å². The summed E-state index contributed by atoms with van der Waals surface area (Å²) in [6.45, 7) is 3.02. The summed E-state index contributed by atoms with van der Waals surface area (Å²) in [4.78, 5) is 17.6. The van der Waals surface area contributed by atoms with E-state index in [1.807, 2.05) is 23.1 Å². The molecule has 2 heterocycles. The molecule has 0 unspecified atom stereocenters. The van der Waals surface area contributed by atoms with Gasteiger partial charge in [0, 0.05) is 39.3 Å². The van der Waals surface area contributed by atoms with Gasteiger partial charge in [0.15, 0.2) is 5.75 Å². The second-order valence-corrected chi connectivity index (χ2v) is 7.53. The average molecular weight is 361 g/mol. The zero-order valence-corrected chi connectivity index (χ0v) is 14.6. The van der Waals surface area contributed by atoms with E-state index in [0.717, 1.165) is 5.82 Å². The van der Waals surface area contributed by atoms with Crippen molar-refractivity contribution in [3.63, 3.8) is 0 Å². The summed E-state index contributed by atoms with van der Waals surface area (Å²) in [5, 5.41) is 0. The fourth-order valence-electron chi connectivity index (χ4n) is 2.74. The van der Waals surface area contributed by atoms with E-state index in [1.165, 1.54) is 23.4 Å². The van der Waals surface area contributed by atoms with E-state index < -0.39 is 16.0 Å². The number of pyridine rings is 1. The lowest BCUT2D eigenvalue weighted by Crippen LogP contribution is -2.49. The third-order valence-electron chi connectivity index (χ3n) is 3.93. The number of rotatable bonds is 4. The molecule has 0 amide bonds. The second-order valence-electron chi connectivity index (χ2n) is 5.62. The number of esters is 1. The molecule has 0 N–H and O–H groups in total. The Kier molecular flexibility index (Phi) is 5.00. The van der Waals surface area contributed by atoms with Crippen LogP contribution in [0.4, 0.5) is 5.82 Å². The molecule has 3 rings (SSSR count). The molecule has 1 aliphatic rings. The van der Waals surface area contributed by atoms with Crippen LogP contribution < -0.4 is 9.64 Å². The lowest BCUT2D eigenvalue weighted by molar-refractivity contribution is -0.132. The van der Waals surface area contributed by atoms with Crippen LogP contribution in [0.15, 0.2) is 53.6 Å². The van der Waals surface area contributed by atoms with Crippen LogP contribution in [0, 0.1) is 0 Å². The first kappa shape index (κ1) is 17.4. The predicted molar refractivity (Wildman–Crippen MR) is 93.0 cm³/mol. The third-order valence-corrected chi connectivity index (χ3v) is 5.87. The number of sulfonamides is 1. The van der Waals surface area contributed by atoms with E-state index in [2.05, 4.69) is 4.98 Å². The van der Waals surface area contributed by atoms with Gasteiger partial charge in [-0.25, -0.2) is 13.4 Å². The number of anilines is 1. The van der Waals surface area contributed by atoms with Gasteiger partial charge in [0.1, 0.15) is 10.7 Å². The van der Waals surface area contributed by atoms with Gasteiger partial charge < -0.3 is 9.64 Å². The Balaban J connectivity index is 1.78. The SMILES string of the molecule is CC(=O)Oc1ccccc1S(=O)(=O)N1CCN(c2ccccn2)CC1. The van der Waals surface area contributed by atoms with Gasteiger partial charge >= 0.3 is 5.97 Å². The molecule has 0 atom stereocenters. The van der Waals surface area contributed by atoms with Gasteiger partial charge in [0.25, 0.3) is 0 Å². The molecule has 1 aliphatic heterocycles.